The van der Waals surface area contributed by atoms with Crippen LogP contribution in [-0.2, 0) is 4.79 Å². The summed E-state index contributed by atoms with van der Waals surface area (Å²) in [6, 6.07) is 8.21. The number of aromatic amines is 1. The van der Waals surface area contributed by atoms with Gasteiger partial charge in [-0.3, -0.25) is 14.6 Å². The summed E-state index contributed by atoms with van der Waals surface area (Å²) in [7, 11) is 0. The molecular weight excluding hydrogens is 318 g/mol. The number of hydrogen-bond donors (Lipinski definition) is 3. The minimum atomic E-state index is -0.735. The van der Waals surface area contributed by atoms with Crippen LogP contribution in [0.25, 0.3) is 22.4 Å². The lowest BCUT2D eigenvalue weighted by Crippen LogP contribution is -2.47. The second kappa shape index (κ2) is 6.72. The van der Waals surface area contributed by atoms with Crippen LogP contribution in [0.4, 0.5) is 0 Å². The predicted molar refractivity (Wildman–Crippen MR) is 94.6 cm³/mol. The summed E-state index contributed by atoms with van der Waals surface area (Å²) >= 11 is 0. The number of carbonyl (C=O) groups is 2. The van der Waals surface area contributed by atoms with Crippen LogP contribution in [0, 0.1) is 5.92 Å². The molecule has 2 amide bonds. The van der Waals surface area contributed by atoms with Crippen LogP contribution in [-0.4, -0.2) is 32.8 Å². The van der Waals surface area contributed by atoms with E-state index in [4.69, 9.17) is 5.73 Å². The highest BCUT2D eigenvalue weighted by molar-refractivity contribution is 6.06. The summed E-state index contributed by atoms with van der Waals surface area (Å²) in [6.07, 6.45) is 3.35. The number of rotatable bonds is 5. The predicted octanol–water partition coefficient (Wildman–Crippen LogP) is 1.86. The molecule has 7 heteroatoms. The molecule has 0 fully saturated rings. The zero-order chi connectivity index (χ0) is 18.0. The molecule has 3 rings (SSSR count). The van der Waals surface area contributed by atoms with Crippen molar-refractivity contribution in [3.8, 4) is 11.4 Å². The van der Waals surface area contributed by atoms with Crippen LogP contribution in [0.1, 0.15) is 24.2 Å². The second-order valence-electron chi connectivity index (χ2n) is 6.12. The number of benzene rings is 1. The quantitative estimate of drug-likeness (QED) is 0.659. The maximum Gasteiger partial charge on any atom is 0.254 e. The van der Waals surface area contributed by atoms with Gasteiger partial charge in [0, 0.05) is 18.0 Å². The Morgan fingerprint density at radius 1 is 1.16 bits per heavy atom. The van der Waals surface area contributed by atoms with Crippen molar-refractivity contribution in [3.05, 3.63) is 48.3 Å². The van der Waals surface area contributed by atoms with E-state index in [9.17, 15) is 9.59 Å². The number of para-hydroxylation sites is 1. The van der Waals surface area contributed by atoms with E-state index in [0.717, 1.165) is 11.1 Å². The van der Waals surface area contributed by atoms with Gasteiger partial charge in [-0.15, -0.1) is 0 Å². The summed E-state index contributed by atoms with van der Waals surface area (Å²) < 4.78 is 0. The lowest BCUT2D eigenvalue weighted by molar-refractivity contribution is -0.120. The van der Waals surface area contributed by atoms with Gasteiger partial charge < -0.3 is 16.0 Å². The van der Waals surface area contributed by atoms with Crippen molar-refractivity contribution in [2.75, 3.05) is 0 Å². The van der Waals surface area contributed by atoms with Crippen molar-refractivity contribution in [2.45, 2.75) is 19.9 Å². The normalized spacial score (nSPS) is 12.3. The highest BCUT2D eigenvalue weighted by atomic mass is 16.2. The van der Waals surface area contributed by atoms with E-state index in [1.165, 1.54) is 0 Å². The van der Waals surface area contributed by atoms with E-state index in [0.29, 0.717) is 16.9 Å². The molecule has 0 saturated carbocycles. The van der Waals surface area contributed by atoms with Crippen LogP contribution in [0.2, 0.25) is 0 Å². The molecule has 0 aliphatic heterocycles. The fourth-order valence-corrected chi connectivity index (χ4v) is 2.65. The Morgan fingerprint density at radius 2 is 1.88 bits per heavy atom. The van der Waals surface area contributed by atoms with E-state index >= 15 is 0 Å². The van der Waals surface area contributed by atoms with Crippen LogP contribution < -0.4 is 11.1 Å². The molecule has 25 heavy (non-hydrogen) atoms. The second-order valence-corrected chi connectivity index (χ2v) is 6.12. The van der Waals surface area contributed by atoms with E-state index in [2.05, 4.69) is 20.3 Å². The van der Waals surface area contributed by atoms with Crippen LogP contribution >= 0.6 is 0 Å². The highest BCUT2D eigenvalue weighted by Crippen LogP contribution is 2.22. The molecule has 0 spiro atoms. The molecule has 0 bridgehead atoms. The lowest BCUT2D eigenvalue weighted by Gasteiger charge is -2.18. The molecule has 1 atom stereocenters. The molecule has 0 aliphatic carbocycles. The lowest BCUT2D eigenvalue weighted by atomic mass is 10.0. The van der Waals surface area contributed by atoms with Gasteiger partial charge in [0.05, 0.1) is 11.1 Å². The highest BCUT2D eigenvalue weighted by Gasteiger charge is 2.23. The molecule has 128 valence electrons. The van der Waals surface area contributed by atoms with Crippen molar-refractivity contribution in [1.82, 2.24) is 20.3 Å². The zero-order valence-corrected chi connectivity index (χ0v) is 14.0. The van der Waals surface area contributed by atoms with Crippen LogP contribution in [0.3, 0.4) is 0 Å². The van der Waals surface area contributed by atoms with Gasteiger partial charge >= 0.3 is 0 Å². The van der Waals surface area contributed by atoms with Crippen molar-refractivity contribution in [2.24, 2.45) is 11.7 Å². The van der Waals surface area contributed by atoms with E-state index in [1.54, 1.807) is 24.5 Å². The van der Waals surface area contributed by atoms with Gasteiger partial charge in [0.1, 0.15) is 17.4 Å². The van der Waals surface area contributed by atoms with Crippen LogP contribution in [0.15, 0.2) is 42.7 Å². The fraction of sp³-hybridized carbons (Fsp3) is 0.222. The molecule has 2 aromatic heterocycles. The van der Waals surface area contributed by atoms with Gasteiger partial charge in [-0.25, -0.2) is 4.98 Å². The Kier molecular flexibility index (Phi) is 4.47. The Labute approximate surface area is 144 Å². The third-order valence-electron chi connectivity index (χ3n) is 3.97. The SMILES string of the molecule is CC(C)C(NC(=O)c1cccc2[nH]c(-c3ccncc3)nc12)C(N)=O. The number of aromatic nitrogens is 3. The first-order chi connectivity index (χ1) is 12.0. The standard InChI is InChI=1S/C18H19N5O2/c1-10(2)14(16(19)24)23-18(25)12-4-3-5-13-15(12)22-17(21-13)11-6-8-20-9-7-11/h3-10,14H,1-2H3,(H2,19,24)(H,21,22)(H,23,25). The Morgan fingerprint density at radius 3 is 2.52 bits per heavy atom. The topological polar surface area (TPSA) is 114 Å². The van der Waals surface area contributed by atoms with Gasteiger partial charge in [-0.2, -0.15) is 0 Å². The van der Waals surface area contributed by atoms with Crippen molar-refractivity contribution >= 4 is 22.8 Å². The van der Waals surface area contributed by atoms with E-state index in [1.807, 2.05) is 32.0 Å². The molecule has 0 aliphatic rings. The summed E-state index contributed by atoms with van der Waals surface area (Å²) in [5.41, 5.74) is 7.91. The number of carbonyl (C=O) groups excluding carboxylic acids is 2. The molecule has 3 aromatic rings. The average molecular weight is 337 g/mol. The number of nitrogens with one attached hydrogen (secondary N) is 2. The monoisotopic (exact) mass is 337 g/mol. The van der Waals surface area contributed by atoms with Crippen molar-refractivity contribution in [1.29, 1.82) is 0 Å². The molecule has 2 heterocycles. The Balaban J connectivity index is 1.98. The number of nitrogens with zero attached hydrogens (tertiary/aromatic N) is 2. The summed E-state index contributed by atoms with van der Waals surface area (Å²) in [5, 5.41) is 2.70. The number of hydrogen-bond acceptors (Lipinski definition) is 4. The summed E-state index contributed by atoms with van der Waals surface area (Å²) in [4.78, 5) is 35.9. The number of primary amides is 1. The molecule has 1 aromatic carbocycles. The first kappa shape index (κ1) is 16.6. The smallest absolute Gasteiger partial charge is 0.254 e. The van der Waals surface area contributed by atoms with E-state index in [-0.39, 0.29) is 11.8 Å². The molecule has 0 radical (unpaired) electrons. The van der Waals surface area contributed by atoms with Crippen molar-refractivity contribution < 1.29 is 9.59 Å². The third-order valence-corrected chi connectivity index (χ3v) is 3.97. The number of pyridine rings is 1. The largest absolute Gasteiger partial charge is 0.368 e. The van der Waals surface area contributed by atoms with Crippen molar-refractivity contribution in [3.63, 3.8) is 0 Å². The van der Waals surface area contributed by atoms with Gasteiger partial charge in [-0.05, 0) is 30.2 Å². The molecular formula is C18H19N5O2. The minimum absolute atomic E-state index is 0.104. The van der Waals surface area contributed by atoms with Gasteiger partial charge in [0.15, 0.2) is 0 Å². The van der Waals surface area contributed by atoms with Gasteiger partial charge in [0.25, 0.3) is 5.91 Å². The molecule has 4 N–H and O–H groups in total. The Bertz CT molecular complexity index is 918. The van der Waals surface area contributed by atoms with Gasteiger partial charge in [-0.1, -0.05) is 19.9 Å². The molecule has 1 unspecified atom stereocenters. The number of amides is 2. The molecule has 7 nitrogen and oxygen atoms in total. The summed E-state index contributed by atoms with van der Waals surface area (Å²) in [5.74, 6) is -0.397. The number of H-pyrrole nitrogens is 1. The molecule has 0 saturated heterocycles. The minimum Gasteiger partial charge on any atom is -0.368 e. The van der Waals surface area contributed by atoms with Gasteiger partial charge in [0.2, 0.25) is 5.91 Å². The number of fused-ring (bicyclic) bond motifs is 1. The first-order valence-corrected chi connectivity index (χ1v) is 7.96. The van der Waals surface area contributed by atoms with E-state index < -0.39 is 11.9 Å². The summed E-state index contributed by atoms with van der Waals surface area (Å²) in [6.45, 7) is 3.65. The fourth-order valence-electron chi connectivity index (χ4n) is 2.65. The zero-order valence-electron chi connectivity index (χ0n) is 14.0. The van der Waals surface area contributed by atoms with Crippen LogP contribution in [0.5, 0.6) is 0 Å². The third kappa shape index (κ3) is 3.35. The first-order valence-electron chi connectivity index (χ1n) is 7.96. The number of imidazole rings is 1. The maximum atomic E-state index is 12.6. The number of nitrogens with two attached hydrogens (primary N) is 1. The average Bonchev–Trinajstić information content (AvgIpc) is 3.03. The Hall–Kier alpha value is -3.22. The maximum absolute atomic E-state index is 12.6.